The average Bonchev–Trinajstić information content (AvgIpc) is 3.10. The summed E-state index contributed by atoms with van der Waals surface area (Å²) < 4.78 is 41.4. The van der Waals surface area contributed by atoms with Crippen LogP contribution in [0.1, 0.15) is 5.56 Å². The molecule has 3 rings (SSSR count). The Morgan fingerprint density at radius 1 is 1.16 bits per heavy atom. The van der Waals surface area contributed by atoms with Crippen LogP contribution in [0.25, 0.3) is 22.8 Å². The topological polar surface area (TPSA) is 100 Å². The summed E-state index contributed by atoms with van der Waals surface area (Å²) in [4.78, 5) is 4.28. The highest BCUT2D eigenvalue weighted by Crippen LogP contribution is 2.27. The van der Waals surface area contributed by atoms with Gasteiger partial charge in [0.2, 0.25) is 0 Å². The van der Waals surface area contributed by atoms with E-state index in [1.165, 1.54) is 30.6 Å². The summed E-state index contributed by atoms with van der Waals surface area (Å²) in [5.41, 5.74) is 1.09. The molecule has 0 saturated heterocycles. The quantitative estimate of drug-likeness (QED) is 0.779. The van der Waals surface area contributed by atoms with Gasteiger partial charge in [-0.3, -0.25) is 5.10 Å². The Kier molecular flexibility index (Phi) is 4.30. The maximum Gasteiger partial charge on any atom is 0.422 e. The van der Waals surface area contributed by atoms with Gasteiger partial charge in [0.15, 0.2) is 18.3 Å². The first-order chi connectivity index (χ1) is 12.0. The first kappa shape index (κ1) is 16.4. The third-order valence-corrected chi connectivity index (χ3v) is 3.09. The number of ether oxygens (including phenoxy) is 1. The van der Waals surface area contributed by atoms with E-state index in [2.05, 4.69) is 30.1 Å². The second kappa shape index (κ2) is 6.56. The first-order valence-electron chi connectivity index (χ1n) is 6.90. The van der Waals surface area contributed by atoms with Crippen molar-refractivity contribution < 1.29 is 17.9 Å². The summed E-state index contributed by atoms with van der Waals surface area (Å²) in [7, 11) is 0. The van der Waals surface area contributed by atoms with Crippen LogP contribution in [0.15, 0.2) is 36.7 Å². The van der Waals surface area contributed by atoms with Crippen molar-refractivity contribution in [2.24, 2.45) is 0 Å². The van der Waals surface area contributed by atoms with Gasteiger partial charge in [-0.1, -0.05) is 0 Å². The third-order valence-electron chi connectivity index (χ3n) is 3.09. The van der Waals surface area contributed by atoms with Crippen molar-refractivity contribution in [1.29, 1.82) is 5.26 Å². The van der Waals surface area contributed by atoms with Crippen LogP contribution in [-0.2, 0) is 0 Å². The summed E-state index contributed by atoms with van der Waals surface area (Å²) >= 11 is 0. The molecule has 0 radical (unpaired) electrons. The van der Waals surface area contributed by atoms with Gasteiger partial charge >= 0.3 is 6.18 Å². The monoisotopic (exact) mass is 346 g/mol. The Balaban J connectivity index is 1.86. The lowest BCUT2D eigenvalue weighted by Crippen LogP contribution is -2.19. The van der Waals surface area contributed by atoms with Crippen molar-refractivity contribution in [3.63, 3.8) is 0 Å². The number of nitrogens with one attached hydrogen (secondary N) is 1. The molecule has 1 aromatic carbocycles. The molecule has 3 aromatic rings. The molecule has 1 N–H and O–H groups in total. The molecule has 0 aliphatic rings. The Morgan fingerprint density at radius 2 is 2.00 bits per heavy atom. The second-order valence-electron chi connectivity index (χ2n) is 4.87. The van der Waals surface area contributed by atoms with Gasteiger partial charge in [0.1, 0.15) is 11.8 Å². The van der Waals surface area contributed by atoms with E-state index in [4.69, 9.17) is 5.26 Å². The average molecular weight is 346 g/mol. The minimum Gasteiger partial charge on any atom is -0.483 e. The molecular formula is C15H9F3N6O. The van der Waals surface area contributed by atoms with Gasteiger partial charge in [-0.05, 0) is 24.3 Å². The summed E-state index contributed by atoms with van der Waals surface area (Å²) in [5, 5.41) is 23.3. The maximum atomic E-state index is 12.2. The van der Waals surface area contributed by atoms with Crippen LogP contribution in [0.4, 0.5) is 13.2 Å². The number of hydrogen-bond donors (Lipinski definition) is 1. The number of aromatic amines is 1. The first-order valence-corrected chi connectivity index (χ1v) is 6.90. The Hall–Kier alpha value is -3.48. The van der Waals surface area contributed by atoms with Gasteiger partial charge in [0, 0.05) is 11.1 Å². The normalized spacial score (nSPS) is 11.1. The molecule has 0 fully saturated rings. The van der Waals surface area contributed by atoms with Crippen molar-refractivity contribution in [2.75, 3.05) is 6.61 Å². The molecule has 0 amide bonds. The lowest BCUT2D eigenvalue weighted by molar-refractivity contribution is -0.153. The van der Waals surface area contributed by atoms with Crippen LogP contribution < -0.4 is 4.74 Å². The SMILES string of the molecule is N#Cc1cc(-c2nc(-c3ccnnc3)n[nH]2)ccc1OCC(F)(F)F. The highest BCUT2D eigenvalue weighted by Gasteiger charge is 2.29. The highest BCUT2D eigenvalue weighted by atomic mass is 19.4. The smallest absolute Gasteiger partial charge is 0.422 e. The maximum absolute atomic E-state index is 12.2. The van der Waals surface area contributed by atoms with Gasteiger partial charge in [-0.25, -0.2) is 4.98 Å². The van der Waals surface area contributed by atoms with Crippen LogP contribution in [0.3, 0.4) is 0 Å². The number of rotatable bonds is 4. The summed E-state index contributed by atoms with van der Waals surface area (Å²) in [6.45, 7) is -1.47. The minimum absolute atomic E-state index is 0.0368. The van der Waals surface area contributed by atoms with E-state index in [-0.39, 0.29) is 11.3 Å². The number of aromatic nitrogens is 5. The molecule has 0 saturated carbocycles. The predicted octanol–water partition coefficient (Wildman–Crippen LogP) is 2.74. The van der Waals surface area contributed by atoms with Crippen LogP contribution in [-0.4, -0.2) is 38.2 Å². The van der Waals surface area contributed by atoms with E-state index in [1.807, 2.05) is 6.07 Å². The lowest BCUT2D eigenvalue weighted by atomic mass is 10.1. The van der Waals surface area contributed by atoms with Crippen molar-refractivity contribution in [3.8, 4) is 34.6 Å². The Labute approximate surface area is 139 Å². The van der Waals surface area contributed by atoms with E-state index in [1.54, 1.807) is 6.07 Å². The summed E-state index contributed by atoms with van der Waals surface area (Å²) in [6.07, 6.45) is -1.50. The molecule has 0 atom stereocenters. The molecule has 7 nitrogen and oxygen atoms in total. The zero-order valence-corrected chi connectivity index (χ0v) is 12.4. The van der Waals surface area contributed by atoms with Gasteiger partial charge in [-0.15, -0.1) is 0 Å². The molecule has 0 bridgehead atoms. The molecule has 0 unspecified atom stereocenters. The molecule has 0 aliphatic carbocycles. The zero-order chi connectivity index (χ0) is 17.9. The number of hydrogen-bond acceptors (Lipinski definition) is 6. The van der Waals surface area contributed by atoms with Gasteiger partial charge < -0.3 is 4.74 Å². The number of halogens is 3. The van der Waals surface area contributed by atoms with Crippen LogP contribution in [0.5, 0.6) is 5.75 Å². The molecule has 2 aromatic heterocycles. The second-order valence-corrected chi connectivity index (χ2v) is 4.87. The number of benzene rings is 1. The van der Waals surface area contributed by atoms with E-state index in [0.717, 1.165) is 0 Å². The summed E-state index contributed by atoms with van der Waals surface area (Å²) in [6, 6.07) is 7.63. The van der Waals surface area contributed by atoms with Crippen molar-refractivity contribution in [3.05, 3.63) is 42.2 Å². The fourth-order valence-electron chi connectivity index (χ4n) is 1.99. The number of alkyl halides is 3. The Morgan fingerprint density at radius 3 is 2.68 bits per heavy atom. The van der Waals surface area contributed by atoms with Gasteiger partial charge in [-0.2, -0.15) is 33.7 Å². The van der Waals surface area contributed by atoms with Crippen molar-refractivity contribution >= 4 is 0 Å². The third kappa shape index (κ3) is 3.89. The highest BCUT2D eigenvalue weighted by molar-refractivity contribution is 5.64. The molecular weight excluding hydrogens is 337 g/mol. The van der Waals surface area contributed by atoms with Crippen LogP contribution >= 0.6 is 0 Å². The fraction of sp³-hybridized carbons (Fsp3) is 0.133. The number of nitrogens with zero attached hydrogens (tertiary/aromatic N) is 5. The van der Waals surface area contributed by atoms with E-state index in [0.29, 0.717) is 22.8 Å². The Bertz CT molecular complexity index is 917. The van der Waals surface area contributed by atoms with Crippen molar-refractivity contribution in [2.45, 2.75) is 6.18 Å². The molecule has 0 spiro atoms. The lowest BCUT2D eigenvalue weighted by Gasteiger charge is -2.10. The fourth-order valence-corrected chi connectivity index (χ4v) is 1.99. The molecule has 0 aliphatic heterocycles. The zero-order valence-electron chi connectivity index (χ0n) is 12.4. The van der Waals surface area contributed by atoms with Crippen molar-refractivity contribution in [1.82, 2.24) is 25.4 Å². The molecule has 25 heavy (non-hydrogen) atoms. The number of nitriles is 1. The largest absolute Gasteiger partial charge is 0.483 e. The van der Waals surface area contributed by atoms with Gasteiger partial charge in [0.05, 0.1) is 18.0 Å². The molecule has 2 heterocycles. The van der Waals surface area contributed by atoms with Gasteiger partial charge in [0.25, 0.3) is 0 Å². The van der Waals surface area contributed by atoms with E-state index < -0.39 is 12.8 Å². The van der Waals surface area contributed by atoms with Crippen LogP contribution in [0, 0.1) is 11.3 Å². The number of H-pyrrole nitrogens is 1. The molecule has 126 valence electrons. The molecule has 10 heteroatoms. The summed E-state index contributed by atoms with van der Waals surface area (Å²) in [5.74, 6) is 0.577. The van der Waals surface area contributed by atoms with E-state index in [9.17, 15) is 13.2 Å². The van der Waals surface area contributed by atoms with Crippen LogP contribution in [0.2, 0.25) is 0 Å². The minimum atomic E-state index is -4.48. The standard InChI is InChI=1S/C15H9F3N6O/c16-15(17,18)8-25-12-2-1-9(5-11(12)6-19)13-22-14(24-23-13)10-3-4-20-21-7-10/h1-5,7H,8H2,(H,22,23,24). The van der Waals surface area contributed by atoms with E-state index >= 15 is 0 Å². The predicted molar refractivity (Wildman–Crippen MR) is 79.1 cm³/mol.